The van der Waals surface area contributed by atoms with Crippen molar-refractivity contribution < 1.29 is 18.7 Å². The van der Waals surface area contributed by atoms with Crippen LogP contribution in [0.1, 0.15) is 18.9 Å². The van der Waals surface area contributed by atoms with E-state index >= 15 is 0 Å². The lowest BCUT2D eigenvalue weighted by atomic mass is 10.1. The van der Waals surface area contributed by atoms with Crippen LogP contribution in [0, 0.1) is 0 Å². The van der Waals surface area contributed by atoms with Gasteiger partial charge in [0, 0.05) is 11.3 Å². The first-order valence-corrected chi connectivity index (χ1v) is 6.27. The van der Waals surface area contributed by atoms with Crippen LogP contribution in [0.5, 0.6) is 0 Å². The molecule has 0 aliphatic carbocycles. The molecular weight excluding hydrogens is 246 g/mol. The fraction of sp³-hybridized carbons (Fsp3) is 0.417. The lowest BCUT2D eigenvalue weighted by molar-refractivity contribution is -0.165. The zero-order valence-electron chi connectivity index (χ0n) is 9.45. The normalized spacial score (nSPS) is 11.5. The number of aliphatic carboxylic acids is 1. The van der Waals surface area contributed by atoms with Crippen LogP contribution < -0.4 is 0 Å². The Labute approximate surface area is 103 Å². The molecule has 0 fully saturated rings. The van der Waals surface area contributed by atoms with E-state index in [1.807, 2.05) is 19.1 Å². The van der Waals surface area contributed by atoms with Crippen molar-refractivity contribution >= 4 is 17.7 Å². The van der Waals surface area contributed by atoms with Crippen LogP contribution in [0.3, 0.4) is 0 Å². The van der Waals surface area contributed by atoms with Crippen LogP contribution in [0.4, 0.5) is 8.78 Å². The van der Waals surface area contributed by atoms with Gasteiger partial charge < -0.3 is 5.11 Å². The van der Waals surface area contributed by atoms with E-state index in [0.717, 1.165) is 16.2 Å². The van der Waals surface area contributed by atoms with Crippen molar-refractivity contribution in [3.05, 3.63) is 29.8 Å². The predicted octanol–water partition coefficient (Wildman–Crippen LogP) is 3.45. The van der Waals surface area contributed by atoms with Crippen molar-refractivity contribution in [2.24, 2.45) is 0 Å². The third-order valence-corrected chi connectivity index (χ3v) is 3.17. The van der Waals surface area contributed by atoms with E-state index in [9.17, 15) is 13.6 Å². The largest absolute Gasteiger partial charge is 0.477 e. The standard InChI is InChI=1S/C12H14F2O2S/c1-2-17-10-5-3-9(4-6-10)7-8-12(13,14)11(15)16/h3-6H,2,7-8H2,1H3,(H,15,16). The molecule has 0 atom stereocenters. The summed E-state index contributed by atoms with van der Waals surface area (Å²) >= 11 is 1.67. The fourth-order valence-corrected chi connectivity index (χ4v) is 1.99. The van der Waals surface area contributed by atoms with Crippen LogP contribution in [0.2, 0.25) is 0 Å². The number of benzene rings is 1. The monoisotopic (exact) mass is 260 g/mol. The van der Waals surface area contributed by atoms with Crippen LogP contribution >= 0.6 is 11.8 Å². The van der Waals surface area contributed by atoms with Crippen molar-refractivity contribution in [1.82, 2.24) is 0 Å². The summed E-state index contributed by atoms with van der Waals surface area (Å²) in [5, 5.41) is 8.28. The molecule has 0 heterocycles. The molecule has 0 saturated carbocycles. The quantitative estimate of drug-likeness (QED) is 0.796. The molecule has 0 aromatic heterocycles. The van der Waals surface area contributed by atoms with Gasteiger partial charge in [0.15, 0.2) is 0 Å². The summed E-state index contributed by atoms with van der Waals surface area (Å²) in [5.41, 5.74) is 0.728. The van der Waals surface area contributed by atoms with E-state index < -0.39 is 18.3 Å². The van der Waals surface area contributed by atoms with Gasteiger partial charge in [-0.2, -0.15) is 8.78 Å². The molecule has 0 unspecified atom stereocenters. The lowest BCUT2D eigenvalue weighted by Gasteiger charge is -2.10. The van der Waals surface area contributed by atoms with Gasteiger partial charge in [0.2, 0.25) is 0 Å². The van der Waals surface area contributed by atoms with E-state index in [0.29, 0.717) is 0 Å². The van der Waals surface area contributed by atoms with Crippen molar-refractivity contribution in [3.8, 4) is 0 Å². The SMILES string of the molecule is CCSc1ccc(CCC(F)(F)C(=O)O)cc1. The number of hydrogen-bond donors (Lipinski definition) is 1. The molecule has 0 radical (unpaired) electrons. The Bertz CT molecular complexity index is 377. The fourth-order valence-electron chi connectivity index (χ4n) is 1.33. The Morgan fingerprint density at radius 2 is 1.94 bits per heavy atom. The third-order valence-electron chi connectivity index (χ3n) is 2.27. The van der Waals surface area contributed by atoms with Crippen molar-refractivity contribution in [1.29, 1.82) is 0 Å². The topological polar surface area (TPSA) is 37.3 Å². The smallest absolute Gasteiger partial charge is 0.374 e. The zero-order valence-corrected chi connectivity index (χ0v) is 10.3. The zero-order chi connectivity index (χ0) is 12.9. The van der Waals surface area contributed by atoms with Crippen LogP contribution in [0.15, 0.2) is 29.2 Å². The number of thioether (sulfide) groups is 1. The first-order valence-electron chi connectivity index (χ1n) is 5.28. The van der Waals surface area contributed by atoms with Crippen molar-refractivity contribution in [2.75, 3.05) is 5.75 Å². The van der Waals surface area contributed by atoms with E-state index in [4.69, 9.17) is 5.11 Å². The second-order valence-electron chi connectivity index (χ2n) is 3.59. The highest BCUT2D eigenvalue weighted by atomic mass is 32.2. The minimum Gasteiger partial charge on any atom is -0.477 e. The van der Waals surface area contributed by atoms with Crippen LogP contribution in [-0.4, -0.2) is 22.8 Å². The van der Waals surface area contributed by atoms with Gasteiger partial charge in [-0.25, -0.2) is 4.79 Å². The number of hydrogen-bond acceptors (Lipinski definition) is 2. The average Bonchev–Trinajstić information content (AvgIpc) is 2.28. The maximum absolute atomic E-state index is 12.8. The second kappa shape index (κ2) is 6.00. The van der Waals surface area contributed by atoms with E-state index in [1.165, 1.54) is 0 Å². The molecule has 17 heavy (non-hydrogen) atoms. The van der Waals surface area contributed by atoms with Crippen molar-refractivity contribution in [3.63, 3.8) is 0 Å². The summed E-state index contributed by atoms with van der Waals surface area (Å²) in [5.74, 6) is -4.75. The maximum atomic E-state index is 12.8. The van der Waals surface area contributed by atoms with Crippen LogP contribution in [-0.2, 0) is 11.2 Å². The van der Waals surface area contributed by atoms with Gasteiger partial charge in [-0.1, -0.05) is 19.1 Å². The predicted molar refractivity (Wildman–Crippen MR) is 63.7 cm³/mol. The summed E-state index contributed by atoms with van der Waals surface area (Å²) in [7, 11) is 0. The Morgan fingerprint density at radius 3 is 2.41 bits per heavy atom. The number of alkyl halides is 2. The number of carboxylic acid groups (broad SMARTS) is 1. The Balaban J connectivity index is 2.55. The van der Waals surface area contributed by atoms with Crippen LogP contribution in [0.25, 0.3) is 0 Å². The molecule has 0 amide bonds. The Hall–Kier alpha value is -1.10. The molecule has 0 saturated heterocycles. The molecule has 2 nitrogen and oxygen atoms in total. The highest BCUT2D eigenvalue weighted by Crippen LogP contribution is 2.23. The molecule has 1 aromatic rings. The van der Waals surface area contributed by atoms with E-state index in [-0.39, 0.29) is 6.42 Å². The van der Waals surface area contributed by atoms with Gasteiger partial charge in [-0.3, -0.25) is 0 Å². The summed E-state index contributed by atoms with van der Waals surface area (Å²) in [6, 6.07) is 7.25. The van der Waals surface area contributed by atoms with Gasteiger partial charge in [0.25, 0.3) is 0 Å². The number of halogens is 2. The summed E-state index contributed by atoms with van der Waals surface area (Å²) < 4.78 is 25.7. The lowest BCUT2D eigenvalue weighted by Crippen LogP contribution is -2.28. The Morgan fingerprint density at radius 1 is 1.35 bits per heavy atom. The van der Waals surface area contributed by atoms with Crippen molar-refractivity contribution in [2.45, 2.75) is 30.6 Å². The first kappa shape index (κ1) is 14.0. The van der Waals surface area contributed by atoms with E-state index in [1.54, 1.807) is 23.9 Å². The summed E-state index contributed by atoms with van der Waals surface area (Å²) in [6.07, 6.45) is -0.598. The molecule has 0 bridgehead atoms. The molecule has 0 spiro atoms. The van der Waals surface area contributed by atoms with Gasteiger partial charge >= 0.3 is 11.9 Å². The third kappa shape index (κ3) is 4.34. The molecule has 1 N–H and O–H groups in total. The minimum atomic E-state index is -3.64. The highest BCUT2D eigenvalue weighted by Gasteiger charge is 2.37. The number of carboxylic acids is 1. The van der Waals surface area contributed by atoms with E-state index in [2.05, 4.69) is 0 Å². The number of rotatable bonds is 6. The van der Waals surface area contributed by atoms with Gasteiger partial charge in [0.1, 0.15) is 0 Å². The summed E-state index contributed by atoms with van der Waals surface area (Å²) in [6.45, 7) is 2.03. The average molecular weight is 260 g/mol. The molecular formula is C12H14F2O2S. The highest BCUT2D eigenvalue weighted by molar-refractivity contribution is 7.99. The first-order chi connectivity index (χ1) is 7.95. The minimum absolute atomic E-state index is 0.0658. The molecule has 94 valence electrons. The Kier molecular flexibility index (Phi) is 4.93. The molecule has 1 rings (SSSR count). The molecule has 5 heteroatoms. The second-order valence-corrected chi connectivity index (χ2v) is 4.92. The molecule has 0 aliphatic rings. The maximum Gasteiger partial charge on any atom is 0.374 e. The van der Waals surface area contributed by atoms with Gasteiger partial charge in [-0.05, 0) is 29.9 Å². The van der Waals surface area contributed by atoms with Gasteiger partial charge in [0.05, 0.1) is 0 Å². The number of carbonyl (C=O) groups is 1. The molecule has 0 aliphatic heterocycles. The number of aryl methyl sites for hydroxylation is 1. The van der Waals surface area contributed by atoms with Gasteiger partial charge in [-0.15, -0.1) is 11.8 Å². The summed E-state index contributed by atoms with van der Waals surface area (Å²) in [4.78, 5) is 11.3. The molecule has 1 aromatic carbocycles.